The molecule has 0 aliphatic carbocycles. The number of aromatic nitrogens is 3. The van der Waals surface area contributed by atoms with Crippen molar-refractivity contribution >= 4 is 17.1 Å². The molecule has 5 heterocycles. The van der Waals surface area contributed by atoms with Crippen molar-refractivity contribution in [1.29, 1.82) is 0 Å². The summed E-state index contributed by atoms with van der Waals surface area (Å²) in [4.78, 5) is 9.75. The molecule has 2 aromatic heterocycles. The van der Waals surface area contributed by atoms with Gasteiger partial charge in [-0.1, -0.05) is 45.7 Å². The Labute approximate surface area is 268 Å². The number of allylic oxidation sites excluding steroid dienone is 5. The second-order valence-corrected chi connectivity index (χ2v) is 12.9. The Morgan fingerprint density at radius 2 is 1.87 bits per heavy atom. The maximum Gasteiger partial charge on any atom is 0.254 e. The van der Waals surface area contributed by atoms with E-state index in [0.29, 0.717) is 41.6 Å². The van der Waals surface area contributed by atoms with Crippen LogP contribution in [0.4, 0.5) is 11.5 Å². The Kier molecular flexibility index (Phi) is 10.5. The quantitative estimate of drug-likeness (QED) is 0.173. The number of piperazine rings is 1. The van der Waals surface area contributed by atoms with Gasteiger partial charge < -0.3 is 24.2 Å². The lowest BCUT2D eigenvalue weighted by molar-refractivity contribution is 0.118. The van der Waals surface area contributed by atoms with Crippen molar-refractivity contribution in [3.8, 4) is 5.88 Å². The zero-order valence-corrected chi connectivity index (χ0v) is 27.2. The molecular formula is C35H49N7O3. The first kappa shape index (κ1) is 32.5. The molecule has 242 valence electrons. The van der Waals surface area contributed by atoms with Gasteiger partial charge in [-0.25, -0.2) is 0 Å². The van der Waals surface area contributed by atoms with Crippen molar-refractivity contribution in [3.63, 3.8) is 0 Å². The Hall–Kier alpha value is -3.89. The summed E-state index contributed by atoms with van der Waals surface area (Å²) < 4.78 is 11.4. The molecule has 0 amide bonds. The van der Waals surface area contributed by atoms with Gasteiger partial charge in [0.05, 0.1) is 17.4 Å². The standard InChI is InChI=1S/C35H49N7O3/c1-8-10-30(26(7)43)31-19-32-35(37-36-31)42(25(5)6)23-28-22-40(15-16-41(28)32)21-27-11-13-39(14-12-27)17-18-44-34-20-33(45-38-34)29(9-2)24(3)4/h8-10,19-20,24,27-29,43H,1-2,5,7,11-18,21-23H2,3-4,6H3/b30-10+. The maximum atomic E-state index is 10.2. The van der Waals surface area contributed by atoms with E-state index in [2.05, 4.69) is 75.1 Å². The van der Waals surface area contributed by atoms with Crippen LogP contribution in [-0.4, -0.2) is 95.3 Å². The van der Waals surface area contributed by atoms with Gasteiger partial charge in [0.25, 0.3) is 5.88 Å². The van der Waals surface area contributed by atoms with Crippen LogP contribution in [0.2, 0.25) is 0 Å². The molecule has 10 heteroatoms. The predicted molar refractivity (Wildman–Crippen MR) is 181 cm³/mol. The SMILES string of the molecule is C=C/C=C(\C(=C)O)c1cc2c(nn1)N(C(=C)C)CC1CN(CC3CCN(CCOc4cc(C(C=C)C(C)C)on4)CC3)CCN21. The molecule has 45 heavy (non-hydrogen) atoms. The molecule has 3 aliphatic rings. The molecule has 0 spiro atoms. The average Bonchev–Trinajstić information content (AvgIpc) is 3.48. The van der Waals surface area contributed by atoms with Gasteiger partial charge in [0.2, 0.25) is 0 Å². The second-order valence-electron chi connectivity index (χ2n) is 12.9. The van der Waals surface area contributed by atoms with E-state index in [9.17, 15) is 5.11 Å². The summed E-state index contributed by atoms with van der Waals surface area (Å²) in [5, 5.41) is 23.3. The van der Waals surface area contributed by atoms with E-state index >= 15 is 0 Å². The second kappa shape index (κ2) is 14.5. The van der Waals surface area contributed by atoms with E-state index in [1.165, 1.54) is 12.8 Å². The van der Waals surface area contributed by atoms with Crippen LogP contribution in [0.15, 0.2) is 72.7 Å². The normalized spacial score (nSPS) is 20.4. The Balaban J connectivity index is 1.12. The van der Waals surface area contributed by atoms with E-state index in [0.717, 1.165) is 75.3 Å². The van der Waals surface area contributed by atoms with Crippen molar-refractivity contribution in [2.24, 2.45) is 11.8 Å². The number of aliphatic hydroxyl groups excluding tert-OH is 1. The third-order valence-corrected chi connectivity index (χ3v) is 9.30. The fourth-order valence-electron chi connectivity index (χ4n) is 6.80. The highest BCUT2D eigenvalue weighted by Gasteiger charge is 2.37. The number of likely N-dealkylation sites (tertiary alicyclic amines) is 1. The van der Waals surface area contributed by atoms with Crippen LogP contribution in [0, 0.1) is 11.8 Å². The molecule has 2 atom stereocenters. The smallest absolute Gasteiger partial charge is 0.254 e. The molecule has 0 aromatic carbocycles. The summed E-state index contributed by atoms with van der Waals surface area (Å²) in [6, 6.07) is 4.22. The molecule has 2 aromatic rings. The molecular weight excluding hydrogens is 566 g/mol. The summed E-state index contributed by atoms with van der Waals surface area (Å²) in [6.45, 7) is 30.4. The van der Waals surface area contributed by atoms with Crippen molar-refractivity contribution in [2.45, 2.75) is 45.6 Å². The number of aliphatic hydroxyl groups is 1. The lowest BCUT2D eigenvalue weighted by Gasteiger charge is -2.49. The van der Waals surface area contributed by atoms with Crippen LogP contribution >= 0.6 is 0 Å². The zero-order valence-electron chi connectivity index (χ0n) is 27.2. The molecule has 2 unspecified atom stereocenters. The van der Waals surface area contributed by atoms with Crippen LogP contribution in [0.3, 0.4) is 0 Å². The first-order valence-corrected chi connectivity index (χ1v) is 16.1. The third kappa shape index (κ3) is 7.50. The molecule has 2 fully saturated rings. The van der Waals surface area contributed by atoms with Crippen molar-refractivity contribution in [1.82, 2.24) is 25.2 Å². The van der Waals surface area contributed by atoms with Crippen LogP contribution in [0.1, 0.15) is 51.0 Å². The highest BCUT2D eigenvalue weighted by atomic mass is 16.5. The Morgan fingerprint density at radius 1 is 1.09 bits per heavy atom. The van der Waals surface area contributed by atoms with Crippen LogP contribution < -0.4 is 14.5 Å². The van der Waals surface area contributed by atoms with Gasteiger partial charge in [-0.15, -0.1) is 16.8 Å². The molecule has 0 bridgehead atoms. The molecule has 0 saturated carbocycles. The Bertz CT molecular complexity index is 1410. The van der Waals surface area contributed by atoms with Crippen LogP contribution in [-0.2, 0) is 0 Å². The monoisotopic (exact) mass is 615 g/mol. The highest BCUT2D eigenvalue weighted by molar-refractivity contribution is 5.80. The summed E-state index contributed by atoms with van der Waals surface area (Å²) in [6.07, 6.45) is 7.63. The van der Waals surface area contributed by atoms with Gasteiger partial charge in [0, 0.05) is 62.5 Å². The van der Waals surface area contributed by atoms with Crippen molar-refractivity contribution in [2.75, 3.05) is 68.8 Å². The molecule has 2 saturated heterocycles. The molecule has 3 aliphatic heterocycles. The van der Waals surface area contributed by atoms with E-state index in [1.54, 1.807) is 12.2 Å². The summed E-state index contributed by atoms with van der Waals surface area (Å²) in [5.41, 5.74) is 3.07. The fourth-order valence-corrected chi connectivity index (χ4v) is 6.80. The lowest BCUT2D eigenvalue weighted by Crippen LogP contribution is -2.60. The first-order chi connectivity index (χ1) is 21.7. The van der Waals surface area contributed by atoms with Crippen molar-refractivity contribution < 1.29 is 14.4 Å². The third-order valence-electron chi connectivity index (χ3n) is 9.30. The summed E-state index contributed by atoms with van der Waals surface area (Å²) >= 11 is 0. The average molecular weight is 616 g/mol. The molecule has 1 N–H and O–H groups in total. The van der Waals surface area contributed by atoms with Gasteiger partial charge in [0.1, 0.15) is 18.1 Å². The highest BCUT2D eigenvalue weighted by Crippen LogP contribution is 2.38. The summed E-state index contributed by atoms with van der Waals surface area (Å²) in [7, 11) is 0. The predicted octanol–water partition coefficient (Wildman–Crippen LogP) is 5.67. The van der Waals surface area contributed by atoms with E-state index in [4.69, 9.17) is 9.26 Å². The van der Waals surface area contributed by atoms with Crippen molar-refractivity contribution in [3.05, 3.63) is 79.6 Å². The first-order valence-electron chi connectivity index (χ1n) is 16.1. The number of hydrogen-bond acceptors (Lipinski definition) is 10. The van der Waals surface area contributed by atoms with Gasteiger partial charge in [-0.2, -0.15) is 0 Å². The molecule has 10 nitrogen and oxygen atoms in total. The number of fused-ring (bicyclic) bond motifs is 3. The minimum atomic E-state index is -0.0516. The lowest BCUT2D eigenvalue weighted by atomic mass is 9.94. The number of hydrogen-bond donors (Lipinski definition) is 1. The molecule has 5 rings (SSSR count). The fraction of sp³-hybridized carbons (Fsp3) is 0.514. The Morgan fingerprint density at radius 3 is 2.53 bits per heavy atom. The van der Waals surface area contributed by atoms with Gasteiger partial charge in [-0.3, -0.25) is 9.80 Å². The number of nitrogens with zero attached hydrogens (tertiary/aromatic N) is 7. The van der Waals surface area contributed by atoms with Crippen LogP contribution in [0.25, 0.3) is 5.57 Å². The van der Waals surface area contributed by atoms with E-state index in [1.807, 2.05) is 25.1 Å². The van der Waals surface area contributed by atoms with Gasteiger partial charge >= 0.3 is 0 Å². The van der Waals surface area contributed by atoms with Gasteiger partial charge in [-0.05, 0) is 62.0 Å². The van der Waals surface area contributed by atoms with E-state index in [-0.39, 0.29) is 11.7 Å². The number of piperidine rings is 1. The maximum absolute atomic E-state index is 10.2. The van der Waals surface area contributed by atoms with E-state index < -0.39 is 0 Å². The number of anilines is 2. The topological polar surface area (TPSA) is 94.2 Å². The number of ether oxygens (including phenoxy) is 1. The van der Waals surface area contributed by atoms with Crippen LogP contribution in [0.5, 0.6) is 5.88 Å². The zero-order chi connectivity index (χ0) is 32.1. The minimum absolute atomic E-state index is 0.0516. The minimum Gasteiger partial charge on any atom is -0.508 e. The number of rotatable bonds is 13. The summed E-state index contributed by atoms with van der Waals surface area (Å²) in [5.74, 6) is 3.35. The van der Waals surface area contributed by atoms with Gasteiger partial charge in [0.15, 0.2) is 5.82 Å². The largest absolute Gasteiger partial charge is 0.508 e. The molecule has 0 radical (unpaired) electrons.